The molecule has 0 amide bonds. The number of aliphatic carboxylic acids is 1. The maximum Gasteiger partial charge on any atom is 1.00 e. The molecule has 0 aromatic heterocycles. The van der Waals surface area contributed by atoms with E-state index >= 15 is 0 Å². The van der Waals surface area contributed by atoms with Crippen LogP contribution >= 0.6 is 67.8 Å². The molecular weight excluding hydrogens is 662 g/mol. The van der Waals surface area contributed by atoms with Crippen LogP contribution < -0.4 is 45.1 Å². The number of ether oxygens (including phenoxy) is 1. The Morgan fingerprint density at radius 3 is 2.17 bits per heavy atom. The van der Waals surface area contributed by atoms with Crippen molar-refractivity contribution in [2.75, 3.05) is 0 Å². The van der Waals surface area contributed by atoms with Crippen molar-refractivity contribution >= 4 is 73.7 Å². The van der Waals surface area contributed by atoms with E-state index in [1.54, 1.807) is 18.2 Å². The zero-order valence-electron chi connectivity index (χ0n) is 12.5. The van der Waals surface area contributed by atoms with Crippen LogP contribution in [0.15, 0.2) is 36.4 Å². The van der Waals surface area contributed by atoms with E-state index in [9.17, 15) is 9.90 Å². The third-order valence-corrected chi connectivity index (χ3v) is 6.23. The van der Waals surface area contributed by atoms with Gasteiger partial charge in [-0.1, -0.05) is 40.5 Å². The first-order chi connectivity index (χ1) is 10.8. The van der Waals surface area contributed by atoms with Crippen molar-refractivity contribution in [1.29, 1.82) is 0 Å². The number of benzene rings is 2. The molecule has 2 rings (SSSR count). The zero-order valence-corrected chi connectivity index (χ0v) is 21.0. The average Bonchev–Trinajstić information content (AvgIpc) is 2.49. The normalized spacial score (nSPS) is 12.8. The molecule has 0 saturated carbocycles. The third-order valence-electron chi connectivity index (χ3n) is 3.01. The molecule has 2 aromatic rings. The summed E-state index contributed by atoms with van der Waals surface area (Å²) in [6, 6.07) is 9.16. The van der Waals surface area contributed by atoms with Crippen LogP contribution in [0.4, 0.5) is 0 Å². The van der Waals surface area contributed by atoms with Crippen LogP contribution in [0.1, 0.15) is 9.49 Å². The summed E-state index contributed by atoms with van der Waals surface area (Å²) < 4.78 is 6.85. The molecule has 0 aliphatic carbocycles. The summed E-state index contributed by atoms with van der Waals surface area (Å²) in [5, 5.41) is 20.4. The largest absolute Gasteiger partial charge is 1.00 e. The SMILES string of the molecule is N[C@H](C(=O)O)C(I)c1ccc(Oc2ccc([O-])c(I)c2)cc1I.[Na+]. The van der Waals surface area contributed by atoms with Crippen molar-refractivity contribution in [3.8, 4) is 17.2 Å². The van der Waals surface area contributed by atoms with E-state index in [0.717, 1.165) is 9.13 Å². The first-order valence-electron chi connectivity index (χ1n) is 6.36. The van der Waals surface area contributed by atoms with Gasteiger partial charge in [0, 0.05) is 7.14 Å². The van der Waals surface area contributed by atoms with Gasteiger partial charge in [-0.2, -0.15) is 0 Å². The van der Waals surface area contributed by atoms with Crippen LogP contribution in [-0.4, -0.2) is 17.1 Å². The fraction of sp³-hybridized carbons (Fsp3) is 0.133. The molecule has 1 unspecified atom stereocenters. The van der Waals surface area contributed by atoms with Gasteiger partial charge in [0.05, 0.1) is 3.92 Å². The molecule has 0 aliphatic heterocycles. The molecule has 0 heterocycles. The van der Waals surface area contributed by atoms with Crippen molar-refractivity contribution in [1.82, 2.24) is 0 Å². The number of halogens is 3. The summed E-state index contributed by atoms with van der Waals surface area (Å²) in [6.45, 7) is 0. The number of carboxylic acids is 1. The van der Waals surface area contributed by atoms with E-state index in [-0.39, 0.29) is 39.2 Å². The predicted molar refractivity (Wildman–Crippen MR) is 110 cm³/mol. The van der Waals surface area contributed by atoms with Crippen molar-refractivity contribution < 1.29 is 49.3 Å². The molecule has 0 saturated heterocycles. The standard InChI is InChI=1S/C15H12I3NO4.Na/c16-10-5-7(23-8-2-4-12(20)11(17)6-8)1-3-9(10)13(18)14(19)15(21)22;/h1-6,13-14,20H,19H2,(H,21,22);/q;+1/p-1/t13?,14-;/m0./s1. The Labute approximate surface area is 202 Å². The minimum absolute atomic E-state index is 0. The molecule has 0 fully saturated rings. The number of alkyl halides is 1. The van der Waals surface area contributed by atoms with Gasteiger partial charge in [0.25, 0.3) is 0 Å². The first kappa shape index (κ1) is 22.7. The number of nitrogens with two attached hydrogens (primary N) is 1. The van der Waals surface area contributed by atoms with E-state index in [1.807, 2.05) is 57.3 Å². The third kappa shape index (κ3) is 5.84. The Morgan fingerprint density at radius 1 is 1.12 bits per heavy atom. The van der Waals surface area contributed by atoms with Crippen LogP contribution in [0.3, 0.4) is 0 Å². The minimum Gasteiger partial charge on any atom is -0.872 e. The molecule has 2 aromatic carbocycles. The molecule has 24 heavy (non-hydrogen) atoms. The van der Waals surface area contributed by atoms with Gasteiger partial charge < -0.3 is 20.7 Å². The first-order valence-corrected chi connectivity index (χ1v) is 9.76. The second-order valence-electron chi connectivity index (χ2n) is 4.64. The summed E-state index contributed by atoms with van der Waals surface area (Å²) in [5.74, 6) is 0.108. The Bertz CT molecular complexity index is 745. The summed E-state index contributed by atoms with van der Waals surface area (Å²) in [7, 11) is 0. The Morgan fingerprint density at radius 2 is 1.67 bits per heavy atom. The monoisotopic (exact) mass is 673 g/mol. The van der Waals surface area contributed by atoms with Crippen LogP contribution in [0.5, 0.6) is 17.2 Å². The molecule has 5 nitrogen and oxygen atoms in total. The van der Waals surface area contributed by atoms with Gasteiger partial charge in [-0.15, -0.1) is 0 Å². The van der Waals surface area contributed by atoms with E-state index in [2.05, 4.69) is 22.6 Å². The second-order valence-corrected chi connectivity index (χ2v) is 8.31. The van der Waals surface area contributed by atoms with Gasteiger partial charge in [0.1, 0.15) is 17.5 Å². The fourth-order valence-corrected chi connectivity index (χ4v) is 4.55. The van der Waals surface area contributed by atoms with E-state index in [0.29, 0.717) is 15.1 Å². The molecule has 0 radical (unpaired) electrons. The van der Waals surface area contributed by atoms with Crippen LogP contribution in [-0.2, 0) is 4.79 Å². The molecule has 0 bridgehead atoms. The van der Waals surface area contributed by atoms with E-state index in [4.69, 9.17) is 15.6 Å². The number of carboxylic acid groups (broad SMARTS) is 1. The molecule has 2 atom stereocenters. The fourth-order valence-electron chi connectivity index (χ4n) is 1.79. The van der Waals surface area contributed by atoms with Gasteiger partial charge in [0.15, 0.2) is 0 Å². The summed E-state index contributed by atoms with van der Waals surface area (Å²) in [6.07, 6.45) is 0. The maximum absolute atomic E-state index is 11.4. The molecular formula is C15H11I3NNaO4. The Balaban J connectivity index is 0.00000288. The Kier molecular flexibility index (Phi) is 9.57. The van der Waals surface area contributed by atoms with Gasteiger partial charge in [0.2, 0.25) is 0 Å². The molecule has 3 N–H and O–H groups in total. The quantitative estimate of drug-likeness (QED) is 0.277. The summed E-state index contributed by atoms with van der Waals surface area (Å²) in [5.41, 5.74) is 6.53. The second kappa shape index (κ2) is 10.1. The summed E-state index contributed by atoms with van der Waals surface area (Å²) >= 11 is 6.12. The van der Waals surface area contributed by atoms with Crippen LogP contribution in [0.25, 0.3) is 0 Å². The molecule has 0 aliphatic rings. The van der Waals surface area contributed by atoms with Gasteiger partial charge in [-0.25, -0.2) is 0 Å². The topological polar surface area (TPSA) is 95.6 Å². The minimum atomic E-state index is -1.03. The van der Waals surface area contributed by atoms with Crippen molar-refractivity contribution in [2.24, 2.45) is 5.73 Å². The van der Waals surface area contributed by atoms with Gasteiger partial charge >= 0.3 is 35.5 Å². The van der Waals surface area contributed by atoms with Gasteiger partial charge in [-0.05, 0) is 75.0 Å². The zero-order chi connectivity index (χ0) is 17.1. The van der Waals surface area contributed by atoms with Crippen molar-refractivity contribution in [3.63, 3.8) is 0 Å². The molecule has 122 valence electrons. The molecule has 0 spiro atoms. The number of rotatable bonds is 5. The predicted octanol–water partition coefficient (Wildman–Crippen LogP) is 0.654. The van der Waals surface area contributed by atoms with Crippen molar-refractivity contribution in [2.45, 2.75) is 9.97 Å². The number of hydrogen-bond acceptors (Lipinski definition) is 4. The van der Waals surface area contributed by atoms with E-state index in [1.165, 1.54) is 6.07 Å². The van der Waals surface area contributed by atoms with Gasteiger partial charge in [-0.3, -0.25) is 4.79 Å². The Hall–Kier alpha value is 0.660. The maximum atomic E-state index is 11.4. The average molecular weight is 673 g/mol. The van der Waals surface area contributed by atoms with Crippen molar-refractivity contribution in [3.05, 3.63) is 49.1 Å². The number of carbonyl (C=O) groups is 1. The van der Waals surface area contributed by atoms with E-state index < -0.39 is 12.0 Å². The smallest absolute Gasteiger partial charge is 0.872 e. The van der Waals surface area contributed by atoms with Crippen LogP contribution in [0.2, 0.25) is 0 Å². The van der Waals surface area contributed by atoms with Crippen LogP contribution in [0, 0.1) is 7.14 Å². The summed E-state index contributed by atoms with van der Waals surface area (Å²) in [4.78, 5) is 11.0. The molecule has 9 heteroatoms. The number of hydrogen-bond donors (Lipinski definition) is 2.